The molecule has 2 heterocycles. The average Bonchev–Trinajstić information content (AvgIpc) is 3.45. The summed E-state index contributed by atoms with van der Waals surface area (Å²) in [4.78, 5) is 49.6. The van der Waals surface area contributed by atoms with E-state index in [0.717, 1.165) is 37.7 Å². The number of amides is 3. The number of hydrogen-bond acceptors (Lipinski definition) is 6. The van der Waals surface area contributed by atoms with Crippen LogP contribution in [-0.4, -0.2) is 59.1 Å². The Balaban J connectivity index is 1.81. The van der Waals surface area contributed by atoms with Crippen molar-refractivity contribution in [2.75, 3.05) is 18.6 Å². The molecular formula is C34H48N4O5. The lowest BCUT2D eigenvalue weighted by Crippen LogP contribution is -2.53. The van der Waals surface area contributed by atoms with E-state index < -0.39 is 23.8 Å². The lowest BCUT2D eigenvalue weighted by Gasteiger charge is -2.37. The molecule has 0 spiro atoms. The van der Waals surface area contributed by atoms with Crippen LogP contribution in [0.2, 0.25) is 0 Å². The van der Waals surface area contributed by atoms with Crippen molar-refractivity contribution in [1.82, 2.24) is 15.2 Å². The molecule has 1 saturated heterocycles. The first-order valence-electron chi connectivity index (χ1n) is 15.5. The number of nitrogens with zero attached hydrogens (tertiary/aromatic N) is 3. The van der Waals surface area contributed by atoms with E-state index in [-0.39, 0.29) is 23.3 Å². The fourth-order valence-electron chi connectivity index (χ4n) is 5.89. The van der Waals surface area contributed by atoms with Gasteiger partial charge in [0.25, 0.3) is 5.91 Å². The van der Waals surface area contributed by atoms with Crippen molar-refractivity contribution >= 4 is 23.6 Å². The number of nitrogens with one attached hydrogen (secondary N) is 1. The normalized spacial score (nSPS) is 18.6. The smallest absolute Gasteiger partial charge is 0.410 e. The maximum absolute atomic E-state index is 14.7. The molecule has 1 aliphatic carbocycles. The third kappa shape index (κ3) is 8.06. The van der Waals surface area contributed by atoms with E-state index >= 15 is 0 Å². The summed E-state index contributed by atoms with van der Waals surface area (Å²) in [7, 11) is 1.54. The molecule has 9 heteroatoms. The predicted octanol–water partition coefficient (Wildman–Crippen LogP) is 6.31. The van der Waals surface area contributed by atoms with Crippen molar-refractivity contribution in [3.63, 3.8) is 0 Å². The number of pyridine rings is 1. The minimum absolute atomic E-state index is 0.0345. The average molecular weight is 593 g/mol. The molecule has 234 valence electrons. The largest absolute Gasteiger partial charge is 0.495 e. The summed E-state index contributed by atoms with van der Waals surface area (Å²) in [6.07, 6.45) is 8.85. The Morgan fingerprint density at radius 1 is 0.953 bits per heavy atom. The highest BCUT2D eigenvalue weighted by Crippen LogP contribution is 2.35. The minimum atomic E-state index is -1.03. The van der Waals surface area contributed by atoms with Gasteiger partial charge >= 0.3 is 6.09 Å². The first kappa shape index (κ1) is 32.3. The molecule has 2 aromatic rings. The highest BCUT2D eigenvalue weighted by atomic mass is 16.6. The summed E-state index contributed by atoms with van der Waals surface area (Å²) in [5, 5.41) is 3.24. The molecular weight excluding hydrogens is 544 g/mol. The van der Waals surface area contributed by atoms with Crippen LogP contribution in [0.15, 0.2) is 42.7 Å². The lowest BCUT2D eigenvalue weighted by atomic mass is 9.87. The Morgan fingerprint density at radius 3 is 2.23 bits per heavy atom. The van der Waals surface area contributed by atoms with Crippen molar-refractivity contribution in [2.24, 2.45) is 0 Å². The Hall–Kier alpha value is -3.62. The molecule has 9 nitrogen and oxygen atoms in total. The number of hydrogen-bond donors (Lipinski definition) is 1. The minimum Gasteiger partial charge on any atom is -0.495 e. The highest BCUT2D eigenvalue weighted by Gasteiger charge is 2.43. The van der Waals surface area contributed by atoms with Crippen LogP contribution in [-0.2, 0) is 19.7 Å². The first-order valence-corrected chi connectivity index (χ1v) is 15.5. The van der Waals surface area contributed by atoms with E-state index in [1.165, 1.54) is 4.90 Å². The van der Waals surface area contributed by atoms with Crippen LogP contribution in [0.4, 0.5) is 10.5 Å². The van der Waals surface area contributed by atoms with Gasteiger partial charge in [-0.15, -0.1) is 0 Å². The van der Waals surface area contributed by atoms with Gasteiger partial charge in [-0.25, -0.2) is 4.79 Å². The standard InChI is InChI=1S/C34H48N4O5/c1-33(2,3)24-15-17-26(18-16-24)38(31(40)28-14-11-19-37(28)32(41)43-34(4,5)6)29(23-20-27(42-7)22-35-21-23)30(39)36-25-12-9-8-10-13-25/h15-18,20-22,25,28-29H,8-14,19H2,1-7H3,(H,36,39). The van der Waals surface area contributed by atoms with Crippen LogP contribution >= 0.6 is 0 Å². The van der Waals surface area contributed by atoms with Gasteiger partial charge in [0.15, 0.2) is 0 Å². The van der Waals surface area contributed by atoms with Crippen LogP contribution in [0.1, 0.15) is 104 Å². The topological polar surface area (TPSA) is 101 Å². The van der Waals surface area contributed by atoms with Gasteiger partial charge in [0.05, 0.1) is 13.3 Å². The third-order valence-electron chi connectivity index (χ3n) is 8.16. The number of benzene rings is 1. The zero-order valence-corrected chi connectivity index (χ0v) is 26.8. The van der Waals surface area contributed by atoms with E-state index in [1.54, 1.807) is 30.5 Å². The summed E-state index contributed by atoms with van der Waals surface area (Å²) in [6.45, 7) is 12.2. The van der Waals surface area contributed by atoms with Gasteiger partial charge in [-0.05, 0) is 75.6 Å². The molecule has 3 amide bonds. The van der Waals surface area contributed by atoms with Crippen LogP contribution < -0.4 is 15.0 Å². The molecule has 1 N–H and O–H groups in total. The van der Waals surface area contributed by atoms with Gasteiger partial charge in [0.1, 0.15) is 23.4 Å². The van der Waals surface area contributed by atoms with E-state index in [2.05, 4.69) is 31.1 Å². The monoisotopic (exact) mass is 592 g/mol. The Bertz CT molecular complexity index is 1270. The van der Waals surface area contributed by atoms with Crippen LogP contribution in [0, 0.1) is 0 Å². The summed E-state index contributed by atoms with van der Waals surface area (Å²) in [5.74, 6) is -0.129. The number of methoxy groups -OCH3 is 1. The maximum Gasteiger partial charge on any atom is 0.410 e. The van der Waals surface area contributed by atoms with Gasteiger partial charge in [0.2, 0.25) is 5.91 Å². The summed E-state index contributed by atoms with van der Waals surface area (Å²) < 4.78 is 11.1. The summed E-state index contributed by atoms with van der Waals surface area (Å²) >= 11 is 0. The number of ether oxygens (including phenoxy) is 2. The summed E-state index contributed by atoms with van der Waals surface area (Å²) in [6, 6.07) is 7.75. The van der Waals surface area contributed by atoms with Crippen molar-refractivity contribution in [3.8, 4) is 5.75 Å². The zero-order valence-electron chi connectivity index (χ0n) is 26.8. The molecule has 0 bridgehead atoms. The number of aromatic nitrogens is 1. The lowest BCUT2D eigenvalue weighted by molar-refractivity contribution is -0.129. The molecule has 2 aliphatic rings. The van der Waals surface area contributed by atoms with Gasteiger partial charge < -0.3 is 14.8 Å². The summed E-state index contributed by atoms with van der Waals surface area (Å²) in [5.41, 5.74) is 1.40. The number of anilines is 1. The number of carbonyl (C=O) groups is 3. The third-order valence-corrected chi connectivity index (χ3v) is 8.16. The van der Waals surface area contributed by atoms with Crippen LogP contribution in [0.25, 0.3) is 0 Å². The van der Waals surface area contributed by atoms with Gasteiger partial charge in [-0.2, -0.15) is 0 Å². The van der Waals surface area contributed by atoms with E-state index in [4.69, 9.17) is 9.47 Å². The Kier molecular flexibility index (Phi) is 10.0. The fraction of sp³-hybridized carbons (Fsp3) is 0.588. The Morgan fingerprint density at radius 2 is 1.63 bits per heavy atom. The SMILES string of the molecule is COc1cncc(C(C(=O)NC2CCCCC2)N(C(=O)C2CCCN2C(=O)OC(C)(C)C)c2ccc(C(C)(C)C)cc2)c1. The van der Waals surface area contributed by atoms with Crippen molar-refractivity contribution < 1.29 is 23.9 Å². The van der Waals surface area contributed by atoms with Gasteiger partial charge in [0, 0.05) is 30.0 Å². The fourth-order valence-corrected chi connectivity index (χ4v) is 5.89. The quantitative estimate of drug-likeness (QED) is 0.404. The van der Waals surface area contributed by atoms with Crippen molar-refractivity contribution in [2.45, 2.75) is 116 Å². The second-order valence-corrected chi connectivity index (χ2v) is 13.7. The molecule has 1 aromatic carbocycles. The number of carbonyl (C=O) groups excluding carboxylic acids is 3. The van der Waals surface area contributed by atoms with E-state index in [0.29, 0.717) is 36.4 Å². The maximum atomic E-state index is 14.7. The predicted molar refractivity (Wildman–Crippen MR) is 167 cm³/mol. The first-order chi connectivity index (χ1) is 20.3. The second-order valence-electron chi connectivity index (χ2n) is 13.7. The number of likely N-dealkylation sites (tertiary alicyclic amines) is 1. The molecule has 2 atom stereocenters. The van der Waals surface area contributed by atoms with Crippen molar-refractivity contribution in [1.29, 1.82) is 0 Å². The van der Waals surface area contributed by atoms with E-state index in [9.17, 15) is 14.4 Å². The molecule has 43 heavy (non-hydrogen) atoms. The second kappa shape index (κ2) is 13.3. The molecule has 2 fully saturated rings. The Labute approximate surface area is 256 Å². The molecule has 1 aromatic heterocycles. The number of rotatable bonds is 7. The molecule has 0 radical (unpaired) electrons. The van der Waals surface area contributed by atoms with Crippen LogP contribution in [0.5, 0.6) is 5.75 Å². The zero-order chi connectivity index (χ0) is 31.4. The van der Waals surface area contributed by atoms with Crippen molar-refractivity contribution in [3.05, 3.63) is 53.9 Å². The van der Waals surface area contributed by atoms with E-state index in [1.807, 2.05) is 45.0 Å². The molecule has 2 unspecified atom stereocenters. The highest BCUT2D eigenvalue weighted by molar-refractivity contribution is 6.04. The van der Waals surface area contributed by atoms with Gasteiger partial charge in [-0.1, -0.05) is 52.2 Å². The molecule has 1 aliphatic heterocycles. The molecule has 4 rings (SSSR count). The molecule has 1 saturated carbocycles. The van der Waals surface area contributed by atoms with Gasteiger partial charge in [-0.3, -0.25) is 24.4 Å². The van der Waals surface area contributed by atoms with Crippen LogP contribution in [0.3, 0.4) is 0 Å².